The first kappa shape index (κ1) is 18.9. The topological polar surface area (TPSA) is 101 Å². The van der Waals surface area contributed by atoms with Crippen LogP contribution in [0.1, 0.15) is 26.7 Å². The average Bonchev–Trinajstić information content (AvgIpc) is 2.20. The largest absolute Gasteiger partial charge is 0.481 e. The molecule has 0 aliphatic rings. The van der Waals surface area contributed by atoms with Crippen LogP contribution in [0.15, 0.2) is 24.9 Å². The van der Waals surface area contributed by atoms with E-state index in [9.17, 15) is 9.59 Å². The predicted octanol–water partition coefficient (Wildman–Crippen LogP) is 1.61. The smallest absolute Gasteiger partial charge is 0.303 e. The molecule has 0 aromatic rings. The summed E-state index contributed by atoms with van der Waals surface area (Å²) in [7, 11) is 0. The van der Waals surface area contributed by atoms with E-state index in [1.165, 1.54) is 6.20 Å². The number of carboxylic acids is 2. The zero-order valence-corrected chi connectivity index (χ0v) is 9.14. The molecular weight excluding hydrogens is 198 g/mol. The van der Waals surface area contributed by atoms with Gasteiger partial charge in [-0.2, -0.15) is 0 Å². The number of carboxylic acid groups (broad SMARTS) is 2. The fourth-order valence-corrected chi connectivity index (χ4v) is 0.0786. The number of allylic oxidation sites excluding steroid dienone is 2. The molecule has 88 valence electrons. The summed E-state index contributed by atoms with van der Waals surface area (Å²) < 4.78 is 0. The number of hydrogen-bond donors (Lipinski definition) is 3. The summed E-state index contributed by atoms with van der Waals surface area (Å²) >= 11 is 0. The molecule has 0 aliphatic heterocycles. The van der Waals surface area contributed by atoms with Crippen LogP contribution < -0.4 is 5.73 Å². The van der Waals surface area contributed by atoms with Crippen LogP contribution in [0, 0.1) is 0 Å². The molecule has 5 nitrogen and oxygen atoms in total. The molecule has 0 saturated carbocycles. The van der Waals surface area contributed by atoms with Crippen LogP contribution in [-0.4, -0.2) is 22.2 Å². The molecule has 0 aromatic heterocycles. The average molecular weight is 217 g/mol. The molecule has 0 atom stereocenters. The zero-order chi connectivity index (χ0) is 12.7. The Morgan fingerprint density at radius 3 is 1.47 bits per heavy atom. The van der Waals surface area contributed by atoms with E-state index >= 15 is 0 Å². The van der Waals surface area contributed by atoms with Gasteiger partial charge in [0.05, 0.1) is 0 Å². The highest BCUT2D eigenvalue weighted by atomic mass is 16.4. The van der Waals surface area contributed by atoms with Crippen molar-refractivity contribution in [3.8, 4) is 0 Å². The second-order valence-electron chi connectivity index (χ2n) is 2.12. The van der Waals surface area contributed by atoms with Crippen LogP contribution in [0.3, 0.4) is 0 Å². The van der Waals surface area contributed by atoms with Gasteiger partial charge in [-0.05, 0) is 12.3 Å². The standard InChI is InChI=1S/C4H7N.2C3H6O2/c1-2-3-4-5;2*1-2-3(4)5/h2-4H,1,5H2;2*2H2,1H3,(H,4,5). The summed E-state index contributed by atoms with van der Waals surface area (Å²) in [5.74, 6) is -1.49. The molecule has 4 N–H and O–H groups in total. The van der Waals surface area contributed by atoms with E-state index in [0.29, 0.717) is 0 Å². The molecule has 0 heterocycles. The zero-order valence-electron chi connectivity index (χ0n) is 9.14. The maximum atomic E-state index is 9.37. The van der Waals surface area contributed by atoms with Crippen molar-refractivity contribution in [2.24, 2.45) is 5.73 Å². The van der Waals surface area contributed by atoms with E-state index in [1.54, 1.807) is 26.0 Å². The Morgan fingerprint density at radius 1 is 1.20 bits per heavy atom. The van der Waals surface area contributed by atoms with Gasteiger partial charge in [0.2, 0.25) is 0 Å². The second kappa shape index (κ2) is 18.1. The van der Waals surface area contributed by atoms with Crippen LogP contribution in [0.25, 0.3) is 0 Å². The molecule has 0 amide bonds. The molecule has 0 radical (unpaired) electrons. The van der Waals surface area contributed by atoms with E-state index in [0.717, 1.165) is 0 Å². The van der Waals surface area contributed by atoms with Gasteiger partial charge in [0.25, 0.3) is 0 Å². The monoisotopic (exact) mass is 217 g/mol. The summed E-state index contributed by atoms with van der Waals surface area (Å²) in [6.45, 7) is 6.58. The quantitative estimate of drug-likeness (QED) is 0.623. The van der Waals surface area contributed by atoms with E-state index < -0.39 is 11.9 Å². The van der Waals surface area contributed by atoms with Crippen molar-refractivity contribution in [3.63, 3.8) is 0 Å². The minimum atomic E-state index is -0.745. The fraction of sp³-hybridized carbons (Fsp3) is 0.400. The van der Waals surface area contributed by atoms with Crippen molar-refractivity contribution in [1.29, 1.82) is 0 Å². The van der Waals surface area contributed by atoms with Crippen molar-refractivity contribution in [2.45, 2.75) is 26.7 Å². The van der Waals surface area contributed by atoms with E-state index in [4.69, 9.17) is 15.9 Å². The molecule has 0 rings (SSSR count). The molecule has 0 spiro atoms. The molecule has 0 bridgehead atoms. The van der Waals surface area contributed by atoms with Gasteiger partial charge in [-0.1, -0.05) is 26.5 Å². The number of nitrogens with two attached hydrogens (primary N) is 1. The van der Waals surface area contributed by atoms with Crippen LogP contribution >= 0.6 is 0 Å². The van der Waals surface area contributed by atoms with E-state index in [-0.39, 0.29) is 12.8 Å². The maximum absolute atomic E-state index is 9.37. The van der Waals surface area contributed by atoms with Gasteiger partial charge in [-0.3, -0.25) is 9.59 Å². The Morgan fingerprint density at radius 2 is 1.47 bits per heavy atom. The molecule has 0 aromatic carbocycles. The minimum Gasteiger partial charge on any atom is -0.481 e. The Bertz CT molecular complexity index is 186. The Hall–Kier alpha value is -1.78. The lowest BCUT2D eigenvalue weighted by atomic mass is 10.5. The lowest BCUT2D eigenvalue weighted by molar-refractivity contribution is -0.137. The minimum absolute atomic E-state index is 0.222. The van der Waals surface area contributed by atoms with Gasteiger partial charge in [0, 0.05) is 12.8 Å². The van der Waals surface area contributed by atoms with Gasteiger partial charge < -0.3 is 15.9 Å². The van der Waals surface area contributed by atoms with Crippen molar-refractivity contribution in [1.82, 2.24) is 0 Å². The van der Waals surface area contributed by atoms with E-state index in [1.807, 2.05) is 0 Å². The van der Waals surface area contributed by atoms with Crippen molar-refractivity contribution >= 4 is 11.9 Å². The second-order valence-corrected chi connectivity index (χ2v) is 2.12. The first-order valence-electron chi connectivity index (χ1n) is 4.39. The predicted molar refractivity (Wildman–Crippen MR) is 59.4 cm³/mol. The Labute approximate surface area is 89.9 Å². The third-order valence-electron chi connectivity index (χ3n) is 0.852. The lowest BCUT2D eigenvalue weighted by Gasteiger charge is -1.71. The molecule has 0 fully saturated rings. The molecule has 5 heteroatoms. The number of hydrogen-bond acceptors (Lipinski definition) is 3. The number of carbonyl (C=O) groups is 2. The molecule has 0 saturated heterocycles. The molecule has 0 aliphatic carbocycles. The summed E-state index contributed by atoms with van der Waals surface area (Å²) in [6, 6.07) is 0. The van der Waals surface area contributed by atoms with Gasteiger partial charge in [0.15, 0.2) is 0 Å². The highest BCUT2D eigenvalue weighted by Gasteiger charge is 1.81. The van der Waals surface area contributed by atoms with Crippen molar-refractivity contribution in [2.75, 3.05) is 0 Å². The van der Waals surface area contributed by atoms with Gasteiger partial charge in [0.1, 0.15) is 0 Å². The number of rotatable bonds is 3. The lowest BCUT2D eigenvalue weighted by Crippen LogP contribution is -1.86. The van der Waals surface area contributed by atoms with Gasteiger partial charge in [-0.15, -0.1) is 0 Å². The van der Waals surface area contributed by atoms with Crippen LogP contribution in [0.2, 0.25) is 0 Å². The highest BCUT2D eigenvalue weighted by Crippen LogP contribution is 1.67. The van der Waals surface area contributed by atoms with Gasteiger partial charge in [-0.25, -0.2) is 0 Å². The summed E-state index contributed by atoms with van der Waals surface area (Å²) in [6.07, 6.45) is 5.17. The molecular formula is C10H19NO4. The van der Waals surface area contributed by atoms with Gasteiger partial charge >= 0.3 is 11.9 Å². The highest BCUT2D eigenvalue weighted by molar-refractivity contribution is 5.66. The normalized spacial score (nSPS) is 7.87. The number of aliphatic carboxylic acids is 2. The fourth-order valence-electron chi connectivity index (χ4n) is 0.0786. The van der Waals surface area contributed by atoms with Crippen LogP contribution in [0.5, 0.6) is 0 Å². The summed E-state index contributed by atoms with van der Waals surface area (Å²) in [5, 5.41) is 15.4. The first-order chi connectivity index (χ1) is 6.95. The Balaban J connectivity index is -0.000000144. The Kier molecular flexibility index (Phi) is 22.8. The van der Waals surface area contributed by atoms with Crippen molar-refractivity contribution < 1.29 is 19.8 Å². The van der Waals surface area contributed by atoms with Crippen LogP contribution in [-0.2, 0) is 9.59 Å². The van der Waals surface area contributed by atoms with Crippen molar-refractivity contribution in [3.05, 3.63) is 24.9 Å². The third-order valence-corrected chi connectivity index (χ3v) is 0.852. The summed E-state index contributed by atoms with van der Waals surface area (Å²) in [5.41, 5.74) is 4.89. The SMILES string of the molecule is C=CC=CN.CCC(=O)O.CCC(=O)O. The van der Waals surface area contributed by atoms with Crippen LogP contribution in [0.4, 0.5) is 0 Å². The van der Waals surface area contributed by atoms with E-state index in [2.05, 4.69) is 6.58 Å². The molecule has 0 unspecified atom stereocenters. The summed E-state index contributed by atoms with van der Waals surface area (Å²) in [4.78, 5) is 18.7. The first-order valence-corrected chi connectivity index (χ1v) is 4.39. The third kappa shape index (κ3) is 71.7. The molecule has 15 heavy (non-hydrogen) atoms. The maximum Gasteiger partial charge on any atom is 0.303 e.